The van der Waals surface area contributed by atoms with E-state index < -0.39 is 0 Å². The van der Waals surface area contributed by atoms with Gasteiger partial charge in [0, 0.05) is 10.5 Å². The van der Waals surface area contributed by atoms with Gasteiger partial charge in [-0.15, -0.1) is 0 Å². The first-order valence-corrected chi connectivity index (χ1v) is 7.68. The normalized spacial score (nSPS) is 12.2. The quantitative estimate of drug-likeness (QED) is 0.727. The average Bonchev–Trinajstić information content (AvgIpc) is 2.42. The van der Waals surface area contributed by atoms with Crippen molar-refractivity contribution in [1.82, 2.24) is 0 Å². The molecule has 0 amide bonds. The predicted octanol–water partition coefficient (Wildman–Crippen LogP) is 5.67. The van der Waals surface area contributed by atoms with E-state index in [0.29, 0.717) is 9.50 Å². The zero-order chi connectivity index (χ0) is 14.5. The first kappa shape index (κ1) is 15.3. The molecule has 0 aromatic heterocycles. The van der Waals surface area contributed by atoms with E-state index in [1.165, 1.54) is 17.7 Å². The smallest absolute Gasteiger partial charge is 0.125 e. The average molecular weight is 357 g/mol. The summed E-state index contributed by atoms with van der Waals surface area (Å²) in [7, 11) is 0. The Morgan fingerprint density at radius 3 is 2.60 bits per heavy atom. The van der Waals surface area contributed by atoms with Gasteiger partial charge < -0.3 is 5.32 Å². The molecule has 20 heavy (non-hydrogen) atoms. The minimum Gasteiger partial charge on any atom is -0.380 e. The highest BCUT2D eigenvalue weighted by molar-refractivity contribution is 9.10. The van der Waals surface area contributed by atoms with Gasteiger partial charge in [-0.1, -0.05) is 41.9 Å². The molecule has 106 valence electrons. The minimum absolute atomic E-state index is 0.245. The van der Waals surface area contributed by atoms with Crippen LogP contribution < -0.4 is 5.32 Å². The van der Waals surface area contributed by atoms with Crippen LogP contribution in [0.3, 0.4) is 0 Å². The van der Waals surface area contributed by atoms with Crippen LogP contribution in [0.15, 0.2) is 46.9 Å². The molecule has 2 aromatic rings. The summed E-state index contributed by atoms with van der Waals surface area (Å²) >= 11 is 9.40. The Labute approximate surface area is 132 Å². The molecule has 0 bridgehead atoms. The van der Waals surface area contributed by atoms with Crippen LogP contribution in [-0.2, 0) is 6.42 Å². The lowest BCUT2D eigenvalue weighted by Crippen LogP contribution is -2.16. The molecular formula is C16H16BrClFN. The van der Waals surface area contributed by atoms with Gasteiger partial charge in [-0.05, 0) is 53.4 Å². The van der Waals surface area contributed by atoms with E-state index in [2.05, 4.69) is 40.3 Å². The molecule has 0 aliphatic carbocycles. The molecule has 1 unspecified atom stereocenters. The monoisotopic (exact) mass is 355 g/mol. The third kappa shape index (κ3) is 4.22. The van der Waals surface area contributed by atoms with Crippen LogP contribution >= 0.6 is 27.5 Å². The summed E-state index contributed by atoms with van der Waals surface area (Å²) in [5.74, 6) is -0.343. The highest BCUT2D eigenvalue weighted by Crippen LogP contribution is 2.32. The summed E-state index contributed by atoms with van der Waals surface area (Å²) in [4.78, 5) is 0. The minimum atomic E-state index is -0.343. The molecule has 2 rings (SSSR count). The standard InChI is InChI=1S/C16H16BrClFN/c1-11(7-8-12-5-3-2-4-6-12)20-16-14(17)9-13(19)10-15(16)18/h2-6,9-11,20H,7-8H2,1H3. The lowest BCUT2D eigenvalue weighted by atomic mass is 10.1. The van der Waals surface area contributed by atoms with Crippen LogP contribution in [0.5, 0.6) is 0 Å². The van der Waals surface area contributed by atoms with Crippen molar-refractivity contribution in [2.75, 3.05) is 5.32 Å². The Hall–Kier alpha value is -1.06. The predicted molar refractivity (Wildman–Crippen MR) is 87.0 cm³/mol. The van der Waals surface area contributed by atoms with E-state index in [9.17, 15) is 4.39 Å². The molecule has 1 N–H and O–H groups in total. The van der Waals surface area contributed by atoms with Crippen LogP contribution in [0.1, 0.15) is 18.9 Å². The Bertz CT molecular complexity index is 551. The van der Waals surface area contributed by atoms with Gasteiger partial charge in [0.1, 0.15) is 5.82 Å². The van der Waals surface area contributed by atoms with Gasteiger partial charge in [0.2, 0.25) is 0 Å². The second-order valence-electron chi connectivity index (χ2n) is 4.81. The summed E-state index contributed by atoms with van der Waals surface area (Å²) in [6.45, 7) is 2.09. The van der Waals surface area contributed by atoms with Crippen LogP contribution in [0, 0.1) is 5.82 Å². The van der Waals surface area contributed by atoms with Gasteiger partial charge >= 0.3 is 0 Å². The van der Waals surface area contributed by atoms with Crippen LogP contribution in [0.2, 0.25) is 5.02 Å². The fraction of sp³-hybridized carbons (Fsp3) is 0.250. The molecule has 0 fully saturated rings. The topological polar surface area (TPSA) is 12.0 Å². The first-order chi connectivity index (χ1) is 9.56. The van der Waals surface area contributed by atoms with Gasteiger partial charge in [-0.25, -0.2) is 4.39 Å². The van der Waals surface area contributed by atoms with Gasteiger partial charge in [0.05, 0.1) is 10.7 Å². The molecule has 0 spiro atoms. The van der Waals surface area contributed by atoms with Crippen molar-refractivity contribution in [3.63, 3.8) is 0 Å². The Balaban J connectivity index is 1.96. The van der Waals surface area contributed by atoms with Crippen LogP contribution in [-0.4, -0.2) is 6.04 Å². The molecule has 4 heteroatoms. The fourth-order valence-corrected chi connectivity index (χ4v) is 2.95. The number of hydrogen-bond donors (Lipinski definition) is 1. The third-order valence-corrected chi connectivity index (χ3v) is 4.03. The molecule has 0 aliphatic rings. The number of benzene rings is 2. The lowest BCUT2D eigenvalue weighted by molar-refractivity contribution is 0.626. The summed E-state index contributed by atoms with van der Waals surface area (Å²) in [6.07, 6.45) is 1.97. The van der Waals surface area contributed by atoms with E-state index >= 15 is 0 Å². The highest BCUT2D eigenvalue weighted by atomic mass is 79.9. The maximum absolute atomic E-state index is 13.2. The number of anilines is 1. The SMILES string of the molecule is CC(CCc1ccccc1)Nc1c(Cl)cc(F)cc1Br. The molecule has 0 aliphatic heterocycles. The summed E-state index contributed by atoms with van der Waals surface area (Å²) < 4.78 is 13.8. The second kappa shape index (κ2) is 7.09. The van der Waals surface area contributed by atoms with Crippen LogP contribution in [0.4, 0.5) is 10.1 Å². The van der Waals surface area contributed by atoms with Crippen molar-refractivity contribution in [2.45, 2.75) is 25.8 Å². The zero-order valence-electron chi connectivity index (χ0n) is 11.2. The Morgan fingerprint density at radius 1 is 1.25 bits per heavy atom. The van der Waals surface area contributed by atoms with Gasteiger partial charge in [-0.2, -0.15) is 0 Å². The number of nitrogens with one attached hydrogen (secondary N) is 1. The maximum atomic E-state index is 13.2. The number of aryl methyl sites for hydroxylation is 1. The third-order valence-electron chi connectivity index (χ3n) is 3.11. The Morgan fingerprint density at radius 2 is 1.95 bits per heavy atom. The number of halogens is 3. The lowest BCUT2D eigenvalue weighted by Gasteiger charge is -2.17. The number of hydrogen-bond acceptors (Lipinski definition) is 1. The van der Waals surface area contributed by atoms with Crippen molar-refractivity contribution >= 4 is 33.2 Å². The molecule has 0 saturated carbocycles. The second-order valence-corrected chi connectivity index (χ2v) is 6.08. The van der Waals surface area contributed by atoms with E-state index in [4.69, 9.17) is 11.6 Å². The Kier molecular flexibility index (Phi) is 5.44. The molecule has 2 aromatic carbocycles. The molecular weight excluding hydrogens is 341 g/mol. The van der Waals surface area contributed by atoms with Crippen molar-refractivity contribution < 1.29 is 4.39 Å². The van der Waals surface area contributed by atoms with E-state index in [1.807, 2.05) is 18.2 Å². The molecule has 1 atom stereocenters. The first-order valence-electron chi connectivity index (χ1n) is 6.51. The van der Waals surface area contributed by atoms with Crippen molar-refractivity contribution in [3.8, 4) is 0 Å². The van der Waals surface area contributed by atoms with Gasteiger partial charge in [0.15, 0.2) is 0 Å². The molecule has 0 heterocycles. The van der Waals surface area contributed by atoms with Crippen LogP contribution in [0.25, 0.3) is 0 Å². The van der Waals surface area contributed by atoms with Crippen molar-refractivity contribution in [3.05, 3.63) is 63.3 Å². The largest absolute Gasteiger partial charge is 0.380 e. The fourth-order valence-electron chi connectivity index (χ4n) is 2.03. The van der Waals surface area contributed by atoms with E-state index in [0.717, 1.165) is 18.5 Å². The van der Waals surface area contributed by atoms with E-state index in [-0.39, 0.29) is 11.9 Å². The zero-order valence-corrected chi connectivity index (χ0v) is 13.5. The van der Waals surface area contributed by atoms with Crippen molar-refractivity contribution in [2.24, 2.45) is 0 Å². The van der Waals surface area contributed by atoms with Crippen molar-refractivity contribution in [1.29, 1.82) is 0 Å². The molecule has 1 nitrogen and oxygen atoms in total. The highest BCUT2D eigenvalue weighted by Gasteiger charge is 2.11. The molecule has 0 saturated heterocycles. The summed E-state index contributed by atoms with van der Waals surface area (Å²) in [5.41, 5.74) is 2.05. The van der Waals surface area contributed by atoms with Gasteiger partial charge in [0.25, 0.3) is 0 Å². The number of rotatable bonds is 5. The van der Waals surface area contributed by atoms with Gasteiger partial charge in [-0.3, -0.25) is 0 Å². The maximum Gasteiger partial charge on any atom is 0.125 e. The summed E-state index contributed by atoms with van der Waals surface area (Å²) in [5, 5.41) is 3.72. The van der Waals surface area contributed by atoms with E-state index in [1.54, 1.807) is 0 Å². The molecule has 0 radical (unpaired) electrons. The summed E-state index contributed by atoms with van der Waals surface area (Å²) in [6, 6.07) is 13.3.